The molecule has 0 unspecified atom stereocenters. The summed E-state index contributed by atoms with van der Waals surface area (Å²) in [5, 5.41) is 0. The smallest absolute Gasteiger partial charge is 0.312 e. The zero-order valence-electron chi connectivity index (χ0n) is 12.8. The fourth-order valence-corrected chi connectivity index (χ4v) is 3.68. The Labute approximate surface area is 117 Å². The van der Waals surface area contributed by atoms with Crippen molar-refractivity contribution >= 4 is 5.97 Å². The summed E-state index contributed by atoms with van der Waals surface area (Å²) in [5.41, 5.74) is 5.86. The van der Waals surface area contributed by atoms with Gasteiger partial charge in [0, 0.05) is 12.1 Å². The molecular formula is C15H30N2O2. The molecule has 2 N–H and O–H groups in total. The van der Waals surface area contributed by atoms with Crippen molar-refractivity contribution < 1.29 is 9.53 Å². The Kier molecular flexibility index (Phi) is 6.80. The van der Waals surface area contributed by atoms with Gasteiger partial charge in [0.15, 0.2) is 0 Å². The Hall–Kier alpha value is -0.610. The SMILES string of the molecule is CCOC(=O)[C@@H](CN)C1(N(CC)CC)CCCCC1. The fraction of sp³-hybridized carbons (Fsp3) is 0.933. The third-order valence-electron chi connectivity index (χ3n) is 4.57. The molecule has 0 heterocycles. The van der Waals surface area contributed by atoms with Gasteiger partial charge < -0.3 is 10.5 Å². The van der Waals surface area contributed by atoms with E-state index >= 15 is 0 Å². The Balaban J connectivity index is 3.01. The lowest BCUT2D eigenvalue weighted by Gasteiger charge is -2.49. The first-order valence-electron chi connectivity index (χ1n) is 7.78. The van der Waals surface area contributed by atoms with E-state index in [-0.39, 0.29) is 17.4 Å². The molecule has 1 aliphatic rings. The molecule has 1 saturated carbocycles. The van der Waals surface area contributed by atoms with Crippen LogP contribution in [-0.2, 0) is 9.53 Å². The molecular weight excluding hydrogens is 240 g/mol. The van der Waals surface area contributed by atoms with Crippen molar-refractivity contribution in [2.75, 3.05) is 26.2 Å². The third kappa shape index (κ3) is 3.48. The van der Waals surface area contributed by atoms with Crippen molar-refractivity contribution in [2.45, 2.75) is 58.4 Å². The van der Waals surface area contributed by atoms with E-state index < -0.39 is 0 Å². The third-order valence-corrected chi connectivity index (χ3v) is 4.57. The molecule has 112 valence electrons. The molecule has 4 nitrogen and oxygen atoms in total. The van der Waals surface area contributed by atoms with E-state index in [1.165, 1.54) is 19.3 Å². The standard InChI is InChI=1S/C15H30N2O2/c1-4-17(5-2)15(10-8-7-9-11-15)13(12-16)14(18)19-6-3/h13H,4-12,16H2,1-3H3/t13-/m1/s1. The monoisotopic (exact) mass is 270 g/mol. The Morgan fingerprint density at radius 3 is 2.21 bits per heavy atom. The van der Waals surface area contributed by atoms with Crippen LogP contribution in [0.1, 0.15) is 52.9 Å². The molecule has 1 fully saturated rings. The van der Waals surface area contributed by atoms with Crippen molar-refractivity contribution in [1.82, 2.24) is 4.90 Å². The highest BCUT2D eigenvalue weighted by Crippen LogP contribution is 2.40. The number of esters is 1. The minimum atomic E-state index is -0.187. The highest BCUT2D eigenvalue weighted by molar-refractivity contribution is 5.74. The van der Waals surface area contributed by atoms with Gasteiger partial charge in [-0.1, -0.05) is 33.1 Å². The molecule has 0 bridgehead atoms. The Bertz CT molecular complexity index is 271. The van der Waals surface area contributed by atoms with Crippen molar-refractivity contribution in [3.05, 3.63) is 0 Å². The van der Waals surface area contributed by atoms with Gasteiger partial charge in [-0.25, -0.2) is 0 Å². The van der Waals surface area contributed by atoms with Crippen LogP contribution in [0.2, 0.25) is 0 Å². The molecule has 0 aliphatic heterocycles. The number of carbonyl (C=O) groups excluding carboxylic acids is 1. The molecule has 0 amide bonds. The van der Waals surface area contributed by atoms with Gasteiger partial charge >= 0.3 is 5.97 Å². The van der Waals surface area contributed by atoms with Gasteiger partial charge in [-0.2, -0.15) is 0 Å². The van der Waals surface area contributed by atoms with Crippen molar-refractivity contribution in [2.24, 2.45) is 11.7 Å². The number of hydrogen-bond acceptors (Lipinski definition) is 4. The van der Waals surface area contributed by atoms with Crippen LogP contribution in [0.3, 0.4) is 0 Å². The van der Waals surface area contributed by atoms with E-state index in [0.29, 0.717) is 13.2 Å². The Morgan fingerprint density at radius 2 is 1.79 bits per heavy atom. The van der Waals surface area contributed by atoms with E-state index in [0.717, 1.165) is 25.9 Å². The molecule has 4 heteroatoms. The summed E-state index contributed by atoms with van der Waals surface area (Å²) in [4.78, 5) is 14.7. The lowest BCUT2D eigenvalue weighted by atomic mass is 9.71. The average molecular weight is 270 g/mol. The summed E-state index contributed by atoms with van der Waals surface area (Å²) in [7, 11) is 0. The fourth-order valence-electron chi connectivity index (χ4n) is 3.68. The molecule has 1 aliphatic carbocycles. The summed E-state index contributed by atoms with van der Waals surface area (Å²) >= 11 is 0. The second-order valence-corrected chi connectivity index (χ2v) is 5.38. The molecule has 19 heavy (non-hydrogen) atoms. The van der Waals surface area contributed by atoms with Crippen LogP contribution in [0.5, 0.6) is 0 Å². The highest BCUT2D eigenvalue weighted by Gasteiger charge is 2.46. The predicted octanol–water partition coefficient (Wildman–Crippen LogP) is 2.17. The molecule has 0 aromatic carbocycles. The number of hydrogen-bond donors (Lipinski definition) is 1. The van der Waals surface area contributed by atoms with Crippen molar-refractivity contribution in [3.8, 4) is 0 Å². The van der Waals surface area contributed by atoms with E-state index in [2.05, 4.69) is 18.7 Å². The molecule has 0 spiro atoms. The maximum absolute atomic E-state index is 12.3. The number of ether oxygens (including phenoxy) is 1. The summed E-state index contributed by atoms with van der Waals surface area (Å²) in [5.74, 6) is -0.300. The van der Waals surface area contributed by atoms with Crippen molar-refractivity contribution in [1.29, 1.82) is 0 Å². The van der Waals surface area contributed by atoms with Gasteiger partial charge in [0.2, 0.25) is 0 Å². The van der Waals surface area contributed by atoms with E-state index in [9.17, 15) is 4.79 Å². The van der Waals surface area contributed by atoms with Gasteiger partial charge in [-0.05, 0) is 32.9 Å². The van der Waals surface area contributed by atoms with Gasteiger partial charge in [0.25, 0.3) is 0 Å². The van der Waals surface area contributed by atoms with Crippen LogP contribution in [-0.4, -0.2) is 42.6 Å². The van der Waals surface area contributed by atoms with Gasteiger partial charge in [0.05, 0.1) is 12.5 Å². The normalized spacial score (nSPS) is 20.3. The molecule has 0 radical (unpaired) electrons. The van der Waals surface area contributed by atoms with Gasteiger partial charge in [-0.15, -0.1) is 0 Å². The lowest BCUT2D eigenvalue weighted by molar-refractivity contribution is -0.155. The topological polar surface area (TPSA) is 55.6 Å². The molecule has 1 rings (SSSR count). The van der Waals surface area contributed by atoms with Crippen LogP contribution in [0.25, 0.3) is 0 Å². The van der Waals surface area contributed by atoms with Crippen LogP contribution >= 0.6 is 0 Å². The average Bonchev–Trinajstić information content (AvgIpc) is 2.42. The summed E-state index contributed by atoms with van der Waals surface area (Å²) < 4.78 is 5.27. The minimum Gasteiger partial charge on any atom is -0.466 e. The zero-order chi connectivity index (χ0) is 14.3. The maximum atomic E-state index is 12.3. The first-order valence-corrected chi connectivity index (χ1v) is 7.78. The zero-order valence-corrected chi connectivity index (χ0v) is 12.8. The first kappa shape index (κ1) is 16.4. The second kappa shape index (κ2) is 7.85. The van der Waals surface area contributed by atoms with Crippen LogP contribution in [0.4, 0.5) is 0 Å². The first-order chi connectivity index (χ1) is 9.16. The second-order valence-electron chi connectivity index (χ2n) is 5.38. The number of nitrogens with zero attached hydrogens (tertiary/aromatic N) is 1. The predicted molar refractivity (Wildman–Crippen MR) is 77.9 cm³/mol. The maximum Gasteiger partial charge on any atom is 0.312 e. The van der Waals surface area contributed by atoms with Gasteiger partial charge in [-0.3, -0.25) is 9.69 Å². The lowest BCUT2D eigenvalue weighted by Crippen LogP contribution is -2.59. The van der Waals surface area contributed by atoms with Crippen molar-refractivity contribution in [3.63, 3.8) is 0 Å². The molecule has 0 aromatic heterocycles. The van der Waals surface area contributed by atoms with E-state index in [1.807, 2.05) is 6.92 Å². The Morgan fingerprint density at radius 1 is 1.21 bits per heavy atom. The molecule has 0 aromatic rings. The highest BCUT2D eigenvalue weighted by atomic mass is 16.5. The number of nitrogens with two attached hydrogens (primary N) is 1. The quantitative estimate of drug-likeness (QED) is 0.720. The van der Waals surface area contributed by atoms with Gasteiger partial charge in [0.1, 0.15) is 0 Å². The molecule has 0 saturated heterocycles. The largest absolute Gasteiger partial charge is 0.466 e. The van der Waals surface area contributed by atoms with E-state index in [4.69, 9.17) is 10.5 Å². The van der Waals surface area contributed by atoms with Crippen LogP contribution < -0.4 is 5.73 Å². The summed E-state index contributed by atoms with van der Waals surface area (Å²) in [6.45, 7) is 8.94. The number of carbonyl (C=O) groups is 1. The minimum absolute atomic E-state index is 0.0806. The summed E-state index contributed by atoms with van der Waals surface area (Å²) in [6.07, 6.45) is 5.77. The van der Waals surface area contributed by atoms with E-state index in [1.54, 1.807) is 0 Å². The summed E-state index contributed by atoms with van der Waals surface area (Å²) in [6, 6.07) is 0. The molecule has 1 atom stereocenters. The number of rotatable bonds is 7. The van der Waals surface area contributed by atoms with Crippen LogP contribution in [0, 0.1) is 5.92 Å². The van der Waals surface area contributed by atoms with Crippen LogP contribution in [0.15, 0.2) is 0 Å².